The van der Waals surface area contributed by atoms with E-state index >= 15 is 0 Å². The summed E-state index contributed by atoms with van der Waals surface area (Å²) in [5, 5.41) is 29.1. The minimum atomic E-state index is -0.986. The van der Waals surface area contributed by atoms with Gasteiger partial charge in [0.2, 0.25) is 0 Å². The van der Waals surface area contributed by atoms with Crippen molar-refractivity contribution in [2.24, 2.45) is 0 Å². The average Bonchev–Trinajstić information content (AvgIpc) is 2.38. The lowest BCUT2D eigenvalue weighted by atomic mass is 9.92. The van der Waals surface area contributed by atoms with Crippen molar-refractivity contribution in [2.45, 2.75) is 24.8 Å². The molecular weight excluding hydrogens is 230 g/mol. The van der Waals surface area contributed by atoms with Crippen LogP contribution in [0.3, 0.4) is 0 Å². The number of hydrogen-bond donors (Lipinski definition) is 3. The van der Waals surface area contributed by atoms with Crippen LogP contribution in [0.2, 0.25) is 0 Å². The number of piperidine rings is 1. The van der Waals surface area contributed by atoms with Crippen LogP contribution in [0.5, 0.6) is 0 Å². The summed E-state index contributed by atoms with van der Waals surface area (Å²) in [6.07, 6.45) is -1.94. The minimum absolute atomic E-state index is 0.182. The molecule has 0 aliphatic carbocycles. The van der Waals surface area contributed by atoms with E-state index in [2.05, 4.69) is 6.58 Å². The van der Waals surface area contributed by atoms with Gasteiger partial charge < -0.3 is 15.3 Å². The maximum atomic E-state index is 9.94. The smallest absolute Gasteiger partial charge is 0.103 e. The van der Waals surface area contributed by atoms with Crippen LogP contribution in [-0.2, 0) is 6.54 Å². The van der Waals surface area contributed by atoms with Gasteiger partial charge in [0.15, 0.2) is 0 Å². The summed E-state index contributed by atoms with van der Waals surface area (Å²) in [6.45, 7) is 4.70. The molecule has 0 aromatic heterocycles. The van der Waals surface area contributed by atoms with Crippen molar-refractivity contribution in [3.63, 3.8) is 0 Å². The Bertz CT molecular complexity index is 407. The van der Waals surface area contributed by atoms with Gasteiger partial charge in [-0.15, -0.1) is 0 Å². The maximum Gasteiger partial charge on any atom is 0.103 e. The lowest BCUT2D eigenvalue weighted by Gasteiger charge is -2.41. The SMILES string of the molecule is C=C1CN(Cc2ccccc2)[C@@H](CO)[C@H](O)[C@@H]1O. The summed E-state index contributed by atoms with van der Waals surface area (Å²) in [4.78, 5) is 1.94. The second-order valence-corrected chi connectivity index (χ2v) is 4.73. The molecule has 0 amide bonds. The van der Waals surface area contributed by atoms with E-state index in [-0.39, 0.29) is 6.61 Å². The fraction of sp³-hybridized carbons (Fsp3) is 0.429. The van der Waals surface area contributed by atoms with Crippen molar-refractivity contribution in [1.29, 1.82) is 0 Å². The fourth-order valence-corrected chi connectivity index (χ4v) is 2.35. The lowest BCUT2D eigenvalue weighted by molar-refractivity contribution is -0.0657. The van der Waals surface area contributed by atoms with E-state index in [0.717, 1.165) is 5.56 Å². The number of rotatable bonds is 3. The molecule has 0 radical (unpaired) electrons. The van der Waals surface area contributed by atoms with Gasteiger partial charge in [-0.1, -0.05) is 36.9 Å². The van der Waals surface area contributed by atoms with Crippen molar-refractivity contribution in [1.82, 2.24) is 4.90 Å². The first-order valence-corrected chi connectivity index (χ1v) is 6.06. The predicted molar refractivity (Wildman–Crippen MR) is 68.9 cm³/mol. The Morgan fingerprint density at radius 3 is 2.50 bits per heavy atom. The molecule has 1 saturated heterocycles. The first-order chi connectivity index (χ1) is 8.63. The zero-order chi connectivity index (χ0) is 13.1. The number of likely N-dealkylation sites (tertiary alicyclic amines) is 1. The molecule has 1 aromatic rings. The standard InChI is InChI=1S/C14H19NO3/c1-10-7-15(8-11-5-3-2-4-6-11)12(9-16)14(18)13(10)17/h2-6,12-14,16-18H,1,7-9H2/t12-,13+,14-/m0/s1. The second kappa shape index (κ2) is 5.63. The predicted octanol–water partition coefficient (Wildman–Crippen LogP) is 0.141. The van der Waals surface area contributed by atoms with E-state index in [4.69, 9.17) is 0 Å². The largest absolute Gasteiger partial charge is 0.395 e. The Kier molecular flexibility index (Phi) is 4.14. The molecule has 3 atom stereocenters. The third kappa shape index (κ3) is 2.62. The molecule has 1 aromatic carbocycles. The van der Waals surface area contributed by atoms with Gasteiger partial charge in [-0.2, -0.15) is 0 Å². The first-order valence-electron chi connectivity index (χ1n) is 6.06. The molecule has 1 aliphatic rings. The molecule has 0 bridgehead atoms. The zero-order valence-corrected chi connectivity index (χ0v) is 10.2. The highest BCUT2D eigenvalue weighted by Crippen LogP contribution is 2.23. The van der Waals surface area contributed by atoms with Gasteiger partial charge >= 0.3 is 0 Å². The second-order valence-electron chi connectivity index (χ2n) is 4.73. The third-order valence-electron chi connectivity index (χ3n) is 3.43. The monoisotopic (exact) mass is 249 g/mol. The molecule has 4 heteroatoms. The van der Waals surface area contributed by atoms with Crippen molar-refractivity contribution >= 4 is 0 Å². The van der Waals surface area contributed by atoms with E-state index in [0.29, 0.717) is 18.7 Å². The van der Waals surface area contributed by atoms with Crippen LogP contribution in [0.25, 0.3) is 0 Å². The summed E-state index contributed by atoms with van der Waals surface area (Å²) in [5.41, 5.74) is 1.69. The number of benzene rings is 1. The normalized spacial score (nSPS) is 29.5. The van der Waals surface area contributed by atoms with Gasteiger partial charge in [0, 0.05) is 13.1 Å². The van der Waals surface area contributed by atoms with Gasteiger partial charge in [-0.3, -0.25) is 4.90 Å². The minimum Gasteiger partial charge on any atom is -0.395 e. The Morgan fingerprint density at radius 1 is 1.22 bits per heavy atom. The molecule has 1 heterocycles. The van der Waals surface area contributed by atoms with E-state index < -0.39 is 18.2 Å². The van der Waals surface area contributed by atoms with Crippen molar-refractivity contribution in [2.75, 3.05) is 13.2 Å². The van der Waals surface area contributed by atoms with Gasteiger partial charge in [0.05, 0.1) is 12.6 Å². The van der Waals surface area contributed by atoms with E-state index in [1.807, 2.05) is 35.2 Å². The molecular formula is C14H19NO3. The summed E-state index contributed by atoms with van der Waals surface area (Å²) >= 11 is 0. The van der Waals surface area contributed by atoms with Crippen LogP contribution in [-0.4, -0.2) is 51.6 Å². The molecule has 2 rings (SSSR count). The molecule has 98 valence electrons. The maximum absolute atomic E-state index is 9.94. The van der Waals surface area contributed by atoms with Crippen LogP contribution < -0.4 is 0 Å². The highest BCUT2D eigenvalue weighted by molar-refractivity contribution is 5.18. The summed E-state index contributed by atoms with van der Waals surface area (Å²) in [7, 11) is 0. The Hall–Kier alpha value is -1.20. The Morgan fingerprint density at radius 2 is 1.89 bits per heavy atom. The van der Waals surface area contributed by atoms with E-state index in [9.17, 15) is 15.3 Å². The van der Waals surface area contributed by atoms with Crippen molar-refractivity contribution in [3.05, 3.63) is 48.0 Å². The van der Waals surface area contributed by atoms with Crippen LogP contribution >= 0.6 is 0 Å². The molecule has 4 nitrogen and oxygen atoms in total. The molecule has 0 unspecified atom stereocenters. The Labute approximate surface area is 107 Å². The number of aliphatic hydroxyl groups excluding tert-OH is 3. The third-order valence-corrected chi connectivity index (χ3v) is 3.43. The van der Waals surface area contributed by atoms with Crippen LogP contribution in [0.15, 0.2) is 42.5 Å². The van der Waals surface area contributed by atoms with Gasteiger partial charge in [-0.05, 0) is 11.1 Å². The summed E-state index contributed by atoms with van der Waals surface area (Å²) in [6, 6.07) is 9.38. The van der Waals surface area contributed by atoms with Crippen molar-refractivity contribution in [3.8, 4) is 0 Å². The average molecular weight is 249 g/mol. The van der Waals surface area contributed by atoms with Crippen LogP contribution in [0.1, 0.15) is 5.56 Å². The molecule has 18 heavy (non-hydrogen) atoms. The molecule has 0 spiro atoms. The molecule has 1 aliphatic heterocycles. The number of aliphatic hydroxyl groups is 3. The molecule has 1 fully saturated rings. The van der Waals surface area contributed by atoms with Gasteiger partial charge in [-0.25, -0.2) is 0 Å². The quantitative estimate of drug-likeness (QED) is 0.667. The highest BCUT2D eigenvalue weighted by atomic mass is 16.3. The van der Waals surface area contributed by atoms with Crippen LogP contribution in [0, 0.1) is 0 Å². The Balaban J connectivity index is 2.13. The van der Waals surface area contributed by atoms with Crippen LogP contribution in [0.4, 0.5) is 0 Å². The first kappa shape index (κ1) is 13.2. The van der Waals surface area contributed by atoms with Gasteiger partial charge in [0.25, 0.3) is 0 Å². The van der Waals surface area contributed by atoms with Crippen molar-refractivity contribution < 1.29 is 15.3 Å². The summed E-state index contributed by atoms with van der Waals surface area (Å²) in [5.74, 6) is 0. The van der Waals surface area contributed by atoms with E-state index in [1.165, 1.54) is 0 Å². The summed E-state index contributed by atoms with van der Waals surface area (Å²) < 4.78 is 0. The molecule has 3 N–H and O–H groups in total. The fourth-order valence-electron chi connectivity index (χ4n) is 2.35. The van der Waals surface area contributed by atoms with Gasteiger partial charge in [0.1, 0.15) is 12.2 Å². The number of hydrogen-bond acceptors (Lipinski definition) is 4. The van der Waals surface area contributed by atoms with E-state index in [1.54, 1.807) is 0 Å². The number of nitrogens with zero attached hydrogens (tertiary/aromatic N) is 1. The lowest BCUT2D eigenvalue weighted by Crippen LogP contribution is -2.56. The topological polar surface area (TPSA) is 63.9 Å². The zero-order valence-electron chi connectivity index (χ0n) is 10.2. The molecule has 0 saturated carbocycles. The highest BCUT2D eigenvalue weighted by Gasteiger charge is 2.37.